The van der Waals surface area contributed by atoms with E-state index in [1.54, 1.807) is 37.4 Å². The summed E-state index contributed by atoms with van der Waals surface area (Å²) in [7, 11) is 1.54. The maximum absolute atomic E-state index is 13.4. The number of phenolic OH excluding ortho intramolecular Hbond substituents is 1. The number of aliphatic hydroxyl groups is 1. The van der Waals surface area contributed by atoms with Crippen molar-refractivity contribution in [3.05, 3.63) is 89.2 Å². The molecular weight excluding hydrogens is 459 g/mol. The Labute approximate surface area is 197 Å². The number of anilines is 1. The Bertz CT molecular complexity index is 1460. The SMILES string of the molecule is COc1ccc2nc(N3C(=O)C(=O)/C(=C(/O)c4ccc(F)cc4)C3c3ccc(O)cc3)sc2c1. The molecule has 1 aliphatic heterocycles. The zero-order valence-corrected chi connectivity index (χ0v) is 18.5. The van der Waals surface area contributed by atoms with Gasteiger partial charge in [0.05, 0.1) is 28.9 Å². The Balaban J connectivity index is 1.71. The minimum atomic E-state index is -1.01. The summed E-state index contributed by atoms with van der Waals surface area (Å²) >= 11 is 1.20. The summed E-state index contributed by atoms with van der Waals surface area (Å²) in [4.78, 5) is 32.2. The van der Waals surface area contributed by atoms with Gasteiger partial charge in [-0.2, -0.15) is 0 Å². The van der Waals surface area contributed by atoms with Crippen LogP contribution in [0, 0.1) is 5.82 Å². The van der Waals surface area contributed by atoms with E-state index in [1.165, 1.54) is 40.5 Å². The van der Waals surface area contributed by atoms with Crippen LogP contribution in [-0.2, 0) is 9.59 Å². The van der Waals surface area contributed by atoms with E-state index in [0.29, 0.717) is 16.8 Å². The molecule has 5 rings (SSSR count). The number of hydrogen-bond donors (Lipinski definition) is 2. The lowest BCUT2D eigenvalue weighted by atomic mass is 9.95. The molecule has 34 heavy (non-hydrogen) atoms. The average molecular weight is 476 g/mol. The molecule has 0 aliphatic carbocycles. The van der Waals surface area contributed by atoms with Crippen LogP contribution in [0.4, 0.5) is 9.52 Å². The minimum Gasteiger partial charge on any atom is -0.508 e. The molecule has 0 spiro atoms. The molecule has 9 heteroatoms. The molecule has 1 unspecified atom stereocenters. The average Bonchev–Trinajstić information content (AvgIpc) is 3.37. The number of amides is 1. The first-order chi connectivity index (χ1) is 16.4. The number of methoxy groups -OCH3 is 1. The molecule has 2 heterocycles. The molecule has 1 amide bonds. The van der Waals surface area contributed by atoms with Gasteiger partial charge in [0.15, 0.2) is 5.13 Å². The largest absolute Gasteiger partial charge is 0.508 e. The quantitative estimate of drug-likeness (QED) is 0.250. The lowest BCUT2D eigenvalue weighted by Gasteiger charge is -2.23. The second-order valence-electron chi connectivity index (χ2n) is 7.60. The summed E-state index contributed by atoms with van der Waals surface area (Å²) in [6.07, 6.45) is 0. The molecule has 1 aromatic heterocycles. The molecule has 0 radical (unpaired) electrons. The number of ether oxygens (including phenoxy) is 1. The normalized spacial score (nSPS) is 17.5. The highest BCUT2D eigenvalue weighted by molar-refractivity contribution is 7.22. The van der Waals surface area contributed by atoms with Crippen molar-refractivity contribution in [1.82, 2.24) is 4.98 Å². The number of thiazole rings is 1. The first kappa shape index (κ1) is 21.6. The molecule has 1 aliphatic rings. The molecule has 0 bridgehead atoms. The number of Topliss-reactive ketones (excluding diaryl/α,β-unsaturated/α-hetero) is 1. The Morgan fingerprint density at radius 1 is 1.06 bits per heavy atom. The second-order valence-corrected chi connectivity index (χ2v) is 8.61. The van der Waals surface area contributed by atoms with Crippen molar-refractivity contribution in [2.24, 2.45) is 0 Å². The molecule has 2 N–H and O–H groups in total. The number of aromatic nitrogens is 1. The summed E-state index contributed by atoms with van der Waals surface area (Å²) in [6.45, 7) is 0. The van der Waals surface area contributed by atoms with Crippen molar-refractivity contribution in [1.29, 1.82) is 0 Å². The minimum absolute atomic E-state index is 0.00585. The number of ketones is 1. The molecule has 1 saturated heterocycles. The van der Waals surface area contributed by atoms with Crippen LogP contribution in [0.2, 0.25) is 0 Å². The lowest BCUT2D eigenvalue weighted by Crippen LogP contribution is -2.29. The lowest BCUT2D eigenvalue weighted by molar-refractivity contribution is -0.132. The number of rotatable bonds is 4. The fourth-order valence-corrected chi connectivity index (χ4v) is 4.91. The van der Waals surface area contributed by atoms with Crippen LogP contribution in [0.15, 0.2) is 72.3 Å². The predicted molar refractivity (Wildman–Crippen MR) is 125 cm³/mol. The summed E-state index contributed by atoms with van der Waals surface area (Å²) in [5.74, 6) is -2.05. The topological polar surface area (TPSA) is 100.0 Å². The molecule has 1 fully saturated rings. The van der Waals surface area contributed by atoms with Crippen LogP contribution in [0.1, 0.15) is 17.2 Å². The Morgan fingerprint density at radius 2 is 1.76 bits per heavy atom. The number of aliphatic hydroxyl groups excluding tert-OH is 1. The van der Waals surface area contributed by atoms with E-state index in [0.717, 1.165) is 16.8 Å². The van der Waals surface area contributed by atoms with Crippen molar-refractivity contribution in [3.63, 3.8) is 0 Å². The Hall–Kier alpha value is -4.24. The maximum Gasteiger partial charge on any atom is 0.301 e. The van der Waals surface area contributed by atoms with E-state index < -0.39 is 29.3 Å². The van der Waals surface area contributed by atoms with Crippen LogP contribution >= 0.6 is 11.3 Å². The van der Waals surface area contributed by atoms with Gasteiger partial charge in [-0.05, 0) is 60.2 Å². The van der Waals surface area contributed by atoms with Gasteiger partial charge in [-0.1, -0.05) is 23.5 Å². The third-order valence-electron chi connectivity index (χ3n) is 5.56. The van der Waals surface area contributed by atoms with Crippen LogP contribution in [-0.4, -0.2) is 34.0 Å². The van der Waals surface area contributed by atoms with Crippen molar-refractivity contribution >= 4 is 44.1 Å². The standard InChI is InChI=1S/C25H17FN2O5S/c1-33-17-10-11-18-19(12-17)34-25(27-18)28-21(13-4-8-16(29)9-5-13)20(23(31)24(28)32)22(30)14-2-6-15(26)7-3-14/h2-12,21,29-30H,1H3/b22-20+. The Morgan fingerprint density at radius 3 is 2.44 bits per heavy atom. The zero-order chi connectivity index (χ0) is 24.0. The van der Waals surface area contributed by atoms with Gasteiger partial charge in [0.1, 0.15) is 23.1 Å². The van der Waals surface area contributed by atoms with E-state index >= 15 is 0 Å². The maximum atomic E-state index is 13.4. The first-order valence-electron chi connectivity index (χ1n) is 10.2. The third-order valence-corrected chi connectivity index (χ3v) is 6.58. The highest BCUT2D eigenvalue weighted by Crippen LogP contribution is 2.44. The van der Waals surface area contributed by atoms with Crippen LogP contribution in [0.5, 0.6) is 11.5 Å². The molecule has 4 aromatic rings. The van der Waals surface area contributed by atoms with E-state index in [-0.39, 0.29) is 22.0 Å². The summed E-state index contributed by atoms with van der Waals surface area (Å²) in [5.41, 5.74) is 1.14. The van der Waals surface area contributed by atoms with E-state index in [2.05, 4.69) is 4.98 Å². The highest BCUT2D eigenvalue weighted by atomic mass is 32.1. The predicted octanol–water partition coefficient (Wildman–Crippen LogP) is 4.78. The molecule has 170 valence electrons. The highest BCUT2D eigenvalue weighted by Gasteiger charge is 2.48. The van der Waals surface area contributed by atoms with Gasteiger partial charge in [0, 0.05) is 5.56 Å². The number of aromatic hydroxyl groups is 1. The van der Waals surface area contributed by atoms with Gasteiger partial charge in [0.25, 0.3) is 5.78 Å². The molecule has 7 nitrogen and oxygen atoms in total. The first-order valence-corrected chi connectivity index (χ1v) is 11.0. The van der Waals surface area contributed by atoms with Gasteiger partial charge >= 0.3 is 5.91 Å². The van der Waals surface area contributed by atoms with Crippen molar-refractivity contribution < 1.29 is 28.9 Å². The Kier molecular flexibility index (Phi) is 5.25. The number of phenols is 1. The van der Waals surface area contributed by atoms with Crippen molar-refractivity contribution in [2.45, 2.75) is 6.04 Å². The van der Waals surface area contributed by atoms with Gasteiger partial charge in [0.2, 0.25) is 0 Å². The van der Waals surface area contributed by atoms with E-state index in [1.807, 2.05) is 0 Å². The molecule has 0 saturated carbocycles. The second kappa shape index (κ2) is 8.27. The van der Waals surface area contributed by atoms with Gasteiger partial charge in [-0.25, -0.2) is 9.37 Å². The number of hydrogen-bond acceptors (Lipinski definition) is 7. The molecular formula is C25H17FN2O5S. The molecule has 1 atom stereocenters. The van der Waals surface area contributed by atoms with Gasteiger partial charge in [-0.15, -0.1) is 0 Å². The number of benzene rings is 3. The van der Waals surface area contributed by atoms with Crippen LogP contribution in [0.25, 0.3) is 16.0 Å². The monoisotopic (exact) mass is 476 g/mol. The number of nitrogens with zero attached hydrogens (tertiary/aromatic N) is 2. The fraction of sp³-hybridized carbons (Fsp3) is 0.0800. The third kappa shape index (κ3) is 3.56. The number of halogens is 1. The van der Waals surface area contributed by atoms with Gasteiger partial charge < -0.3 is 14.9 Å². The fourth-order valence-electron chi connectivity index (χ4n) is 3.89. The zero-order valence-electron chi connectivity index (χ0n) is 17.7. The van der Waals surface area contributed by atoms with E-state index in [9.17, 15) is 24.2 Å². The molecule has 3 aromatic carbocycles. The number of carbonyl (C=O) groups is 2. The van der Waals surface area contributed by atoms with Crippen LogP contribution in [0.3, 0.4) is 0 Å². The number of carbonyl (C=O) groups excluding carboxylic acids is 2. The van der Waals surface area contributed by atoms with Crippen molar-refractivity contribution in [2.75, 3.05) is 12.0 Å². The van der Waals surface area contributed by atoms with Crippen molar-refractivity contribution in [3.8, 4) is 11.5 Å². The summed E-state index contributed by atoms with van der Waals surface area (Å²) in [5, 5.41) is 21.0. The summed E-state index contributed by atoms with van der Waals surface area (Å²) < 4.78 is 19.4. The van der Waals surface area contributed by atoms with Gasteiger partial charge in [-0.3, -0.25) is 14.5 Å². The summed E-state index contributed by atoms with van der Waals surface area (Å²) in [6, 6.07) is 15.2. The number of fused-ring (bicyclic) bond motifs is 1. The smallest absolute Gasteiger partial charge is 0.301 e. The van der Waals surface area contributed by atoms with Crippen LogP contribution < -0.4 is 9.64 Å². The van der Waals surface area contributed by atoms with E-state index in [4.69, 9.17) is 4.74 Å².